The largest absolute Gasteiger partial charge is 0.358 e. The number of hydrogen-bond acceptors (Lipinski definition) is 4. The summed E-state index contributed by atoms with van der Waals surface area (Å²) in [5.74, 6) is -0.558. The number of H-pyrrole nitrogens is 1. The maximum atomic E-state index is 13.2. The number of nitrogens with zero attached hydrogens (tertiary/aromatic N) is 1. The molecule has 3 amide bonds. The van der Waals surface area contributed by atoms with E-state index in [1.54, 1.807) is 24.3 Å². The van der Waals surface area contributed by atoms with Crippen molar-refractivity contribution in [2.24, 2.45) is 0 Å². The zero-order chi connectivity index (χ0) is 28.2. The minimum atomic E-state index is -0.244. The second kappa shape index (κ2) is 11.9. The normalized spacial score (nSPS) is 16.6. The number of aromatic amines is 1. The van der Waals surface area contributed by atoms with Gasteiger partial charge in [-0.3, -0.25) is 14.4 Å². The average molecular weight is 540 g/mol. The monoisotopic (exact) mass is 539 g/mol. The fraction of sp³-hybridized carbons (Fsp3) is 0.344. The Morgan fingerprint density at radius 1 is 1.05 bits per heavy atom. The number of likely N-dealkylation sites (tertiary alicyclic amines) is 1. The van der Waals surface area contributed by atoms with Gasteiger partial charge in [-0.05, 0) is 81.6 Å². The van der Waals surface area contributed by atoms with Gasteiger partial charge in [-0.2, -0.15) is 0 Å². The predicted octanol–water partition coefficient (Wildman–Crippen LogP) is 4.83. The van der Waals surface area contributed by atoms with Crippen LogP contribution in [0, 0.1) is 13.8 Å². The van der Waals surface area contributed by atoms with E-state index in [0.29, 0.717) is 40.2 Å². The van der Waals surface area contributed by atoms with Crippen LogP contribution in [0.15, 0.2) is 48.5 Å². The van der Waals surface area contributed by atoms with Gasteiger partial charge in [0.1, 0.15) is 0 Å². The molecule has 208 valence electrons. The third-order valence-corrected chi connectivity index (χ3v) is 7.88. The summed E-state index contributed by atoms with van der Waals surface area (Å²) in [7, 11) is 0. The van der Waals surface area contributed by atoms with Crippen LogP contribution >= 0.6 is 0 Å². The molecule has 2 aliphatic heterocycles. The van der Waals surface area contributed by atoms with Gasteiger partial charge in [0.25, 0.3) is 17.7 Å². The second-order valence-electron chi connectivity index (χ2n) is 10.6. The number of fused-ring (bicyclic) bond motifs is 1. The van der Waals surface area contributed by atoms with Crippen molar-refractivity contribution in [2.75, 3.05) is 31.5 Å². The van der Waals surface area contributed by atoms with Crippen molar-refractivity contribution < 1.29 is 14.4 Å². The third kappa shape index (κ3) is 5.72. The summed E-state index contributed by atoms with van der Waals surface area (Å²) in [5, 5.41) is 9.05. The number of carbonyl (C=O) groups is 3. The Morgan fingerprint density at radius 3 is 2.52 bits per heavy atom. The zero-order valence-electron chi connectivity index (χ0n) is 23.4. The van der Waals surface area contributed by atoms with Crippen LogP contribution in [0.4, 0.5) is 5.69 Å². The molecular formula is C32H37N5O3. The molecule has 0 saturated carbocycles. The molecule has 0 radical (unpaired) electrons. The van der Waals surface area contributed by atoms with E-state index in [1.807, 2.05) is 51.1 Å². The first-order valence-corrected chi connectivity index (χ1v) is 14.1. The number of carbonyl (C=O) groups excluding carboxylic acids is 3. The second-order valence-corrected chi connectivity index (χ2v) is 10.6. The Labute approximate surface area is 235 Å². The number of aromatic nitrogens is 1. The third-order valence-electron chi connectivity index (χ3n) is 7.88. The van der Waals surface area contributed by atoms with E-state index in [2.05, 4.69) is 25.8 Å². The summed E-state index contributed by atoms with van der Waals surface area (Å²) in [6.07, 6.45) is 4.96. The molecular weight excluding hydrogens is 502 g/mol. The SMILES string of the molecule is CC[C@@H](NC(=O)c1ccc2c(c1)/C(=C/c1[nH]c(C)c(C(=O)NCCN3CCCC3)c1C)C(=O)N2)c1ccccc1. The van der Waals surface area contributed by atoms with Gasteiger partial charge >= 0.3 is 0 Å². The van der Waals surface area contributed by atoms with E-state index in [-0.39, 0.29) is 23.8 Å². The van der Waals surface area contributed by atoms with Gasteiger partial charge in [0.05, 0.1) is 17.2 Å². The van der Waals surface area contributed by atoms with Gasteiger partial charge in [0.15, 0.2) is 0 Å². The van der Waals surface area contributed by atoms with E-state index in [4.69, 9.17) is 0 Å². The van der Waals surface area contributed by atoms with Crippen molar-refractivity contribution >= 4 is 35.1 Å². The highest BCUT2D eigenvalue weighted by Crippen LogP contribution is 2.35. The Balaban J connectivity index is 1.35. The predicted molar refractivity (Wildman–Crippen MR) is 158 cm³/mol. The maximum absolute atomic E-state index is 13.2. The number of rotatable bonds is 9. The fourth-order valence-corrected chi connectivity index (χ4v) is 5.65. The molecule has 2 aliphatic rings. The molecule has 3 heterocycles. The van der Waals surface area contributed by atoms with E-state index >= 15 is 0 Å². The first-order valence-electron chi connectivity index (χ1n) is 14.1. The van der Waals surface area contributed by atoms with Crippen LogP contribution in [0.3, 0.4) is 0 Å². The average Bonchev–Trinajstić information content (AvgIpc) is 3.65. The van der Waals surface area contributed by atoms with E-state index < -0.39 is 0 Å². The van der Waals surface area contributed by atoms with E-state index in [0.717, 1.165) is 42.9 Å². The Morgan fingerprint density at radius 2 is 1.80 bits per heavy atom. The summed E-state index contributed by atoms with van der Waals surface area (Å²) >= 11 is 0. The molecule has 1 aromatic heterocycles. The molecule has 1 atom stereocenters. The Bertz CT molecular complexity index is 1450. The number of aryl methyl sites for hydroxylation is 1. The highest BCUT2D eigenvalue weighted by atomic mass is 16.2. The Hall–Kier alpha value is -4.17. The molecule has 0 unspecified atom stereocenters. The number of anilines is 1. The lowest BCUT2D eigenvalue weighted by molar-refractivity contribution is -0.110. The van der Waals surface area contributed by atoms with Gasteiger partial charge in [0, 0.05) is 41.3 Å². The van der Waals surface area contributed by atoms with Crippen LogP contribution in [0.25, 0.3) is 11.6 Å². The summed E-state index contributed by atoms with van der Waals surface area (Å²) in [5.41, 5.74) is 6.13. The summed E-state index contributed by atoms with van der Waals surface area (Å²) < 4.78 is 0. The molecule has 0 aliphatic carbocycles. The van der Waals surface area contributed by atoms with Crippen LogP contribution in [0.2, 0.25) is 0 Å². The first-order chi connectivity index (χ1) is 19.4. The molecule has 8 heteroatoms. The molecule has 0 bridgehead atoms. The molecule has 4 N–H and O–H groups in total. The Kier molecular flexibility index (Phi) is 8.16. The summed E-state index contributed by atoms with van der Waals surface area (Å²) in [4.78, 5) is 44.8. The van der Waals surface area contributed by atoms with Crippen molar-refractivity contribution in [2.45, 2.75) is 46.1 Å². The number of hydrogen-bond donors (Lipinski definition) is 4. The first kappa shape index (κ1) is 27.4. The highest BCUT2D eigenvalue weighted by molar-refractivity contribution is 6.35. The van der Waals surface area contributed by atoms with Crippen LogP contribution in [-0.2, 0) is 4.79 Å². The lowest BCUT2D eigenvalue weighted by atomic mass is 10.0. The molecule has 1 saturated heterocycles. The van der Waals surface area contributed by atoms with Crippen LogP contribution in [-0.4, -0.2) is 53.8 Å². The van der Waals surface area contributed by atoms with Crippen LogP contribution in [0.1, 0.15) is 81.0 Å². The van der Waals surface area contributed by atoms with Crippen molar-refractivity contribution in [3.05, 3.63) is 87.7 Å². The van der Waals surface area contributed by atoms with Gasteiger partial charge in [-0.15, -0.1) is 0 Å². The topological polar surface area (TPSA) is 106 Å². The quantitative estimate of drug-likeness (QED) is 0.292. The standard InChI is InChI=1S/C32H37N5O3/c1-4-26(22-10-6-5-7-11-22)35-30(38)23-12-13-27-24(18-23)25(31(39)36-27)19-28-20(2)29(21(3)34-28)32(40)33-14-17-37-15-8-9-16-37/h5-7,10-13,18-19,26,34H,4,8-9,14-17H2,1-3H3,(H,33,40)(H,35,38)(H,36,39)/b25-19-/t26-/m1/s1. The van der Waals surface area contributed by atoms with Crippen LogP contribution in [0.5, 0.6) is 0 Å². The maximum Gasteiger partial charge on any atom is 0.256 e. The van der Waals surface area contributed by atoms with E-state index in [9.17, 15) is 14.4 Å². The number of amides is 3. The smallest absolute Gasteiger partial charge is 0.256 e. The van der Waals surface area contributed by atoms with E-state index in [1.165, 1.54) is 12.8 Å². The lowest BCUT2D eigenvalue weighted by Gasteiger charge is -2.17. The fourth-order valence-electron chi connectivity index (χ4n) is 5.65. The van der Waals surface area contributed by atoms with Crippen LogP contribution < -0.4 is 16.0 Å². The number of benzene rings is 2. The van der Waals surface area contributed by atoms with Gasteiger partial charge < -0.3 is 25.8 Å². The minimum Gasteiger partial charge on any atom is -0.358 e. The molecule has 3 aromatic rings. The van der Waals surface area contributed by atoms with Crippen molar-refractivity contribution in [1.82, 2.24) is 20.5 Å². The molecule has 5 rings (SSSR count). The van der Waals surface area contributed by atoms with Crippen molar-refractivity contribution in [1.29, 1.82) is 0 Å². The van der Waals surface area contributed by atoms with Crippen molar-refractivity contribution in [3.8, 4) is 0 Å². The van der Waals surface area contributed by atoms with Gasteiger partial charge in [-0.1, -0.05) is 37.3 Å². The molecule has 0 spiro atoms. The molecule has 1 fully saturated rings. The van der Waals surface area contributed by atoms with Crippen molar-refractivity contribution in [3.63, 3.8) is 0 Å². The molecule has 2 aromatic carbocycles. The zero-order valence-corrected chi connectivity index (χ0v) is 23.4. The summed E-state index contributed by atoms with van der Waals surface area (Å²) in [6.45, 7) is 9.42. The van der Waals surface area contributed by atoms with Gasteiger partial charge in [-0.25, -0.2) is 0 Å². The minimum absolute atomic E-state index is 0.110. The highest BCUT2D eigenvalue weighted by Gasteiger charge is 2.27. The van der Waals surface area contributed by atoms with Gasteiger partial charge in [0.2, 0.25) is 0 Å². The summed E-state index contributed by atoms with van der Waals surface area (Å²) in [6, 6.07) is 15.0. The number of nitrogens with one attached hydrogen (secondary N) is 4. The lowest BCUT2D eigenvalue weighted by Crippen LogP contribution is -2.33. The molecule has 40 heavy (non-hydrogen) atoms. The molecule has 8 nitrogen and oxygen atoms in total.